The van der Waals surface area contributed by atoms with Gasteiger partial charge in [-0.05, 0) is 65.3 Å². The van der Waals surface area contributed by atoms with Gasteiger partial charge in [-0.25, -0.2) is 4.79 Å². The van der Waals surface area contributed by atoms with Crippen molar-refractivity contribution >= 4 is 28.5 Å². The third-order valence-corrected chi connectivity index (χ3v) is 6.85. The summed E-state index contributed by atoms with van der Waals surface area (Å²) in [5, 5.41) is 1.06. The van der Waals surface area contributed by atoms with Crippen molar-refractivity contribution in [3.63, 3.8) is 0 Å². The zero-order chi connectivity index (χ0) is 26.6. The Labute approximate surface area is 223 Å². The van der Waals surface area contributed by atoms with Crippen molar-refractivity contribution in [1.29, 1.82) is 0 Å². The molecule has 0 radical (unpaired) electrons. The lowest BCUT2D eigenvalue weighted by Gasteiger charge is -2.19. The Bertz CT molecular complexity index is 1440. The number of carbonyl (C=O) groups excluding carboxylic acids is 1. The number of fused-ring (bicyclic) bond motifs is 1. The van der Waals surface area contributed by atoms with Crippen LogP contribution in [0.15, 0.2) is 76.1 Å². The fourth-order valence-electron chi connectivity index (χ4n) is 4.33. The summed E-state index contributed by atoms with van der Waals surface area (Å²) in [5.41, 5.74) is 3.89. The molecule has 5 heteroatoms. The van der Waals surface area contributed by atoms with Gasteiger partial charge < -0.3 is 9.15 Å². The Kier molecular flexibility index (Phi) is 8.19. The number of benzene rings is 3. The van der Waals surface area contributed by atoms with Gasteiger partial charge in [0.05, 0.1) is 16.5 Å². The van der Waals surface area contributed by atoms with Crippen molar-refractivity contribution < 1.29 is 13.9 Å². The number of rotatable bonds is 8. The highest BCUT2D eigenvalue weighted by molar-refractivity contribution is 6.30. The molecule has 37 heavy (non-hydrogen) atoms. The summed E-state index contributed by atoms with van der Waals surface area (Å²) in [6.07, 6.45) is 6.41. The number of ether oxygens (including phenoxy) is 1. The summed E-state index contributed by atoms with van der Waals surface area (Å²) in [5.74, 6) is -0.00830. The average molecular weight is 517 g/mol. The van der Waals surface area contributed by atoms with Gasteiger partial charge in [0.2, 0.25) is 5.43 Å². The molecule has 4 nitrogen and oxygen atoms in total. The van der Waals surface area contributed by atoms with E-state index in [0.29, 0.717) is 39.3 Å². The maximum absolute atomic E-state index is 13.4. The van der Waals surface area contributed by atoms with Crippen molar-refractivity contribution in [1.82, 2.24) is 0 Å². The highest BCUT2D eigenvalue weighted by atomic mass is 35.5. The molecular weight excluding hydrogens is 484 g/mol. The van der Waals surface area contributed by atoms with Crippen molar-refractivity contribution in [2.45, 2.75) is 65.2 Å². The minimum atomic E-state index is -0.435. The lowest BCUT2D eigenvalue weighted by molar-refractivity contribution is 0.0733. The predicted molar refractivity (Wildman–Crippen MR) is 151 cm³/mol. The van der Waals surface area contributed by atoms with E-state index >= 15 is 0 Å². The van der Waals surface area contributed by atoms with Crippen LogP contribution in [0.2, 0.25) is 5.02 Å². The molecular formula is C32H33ClO4. The maximum Gasteiger partial charge on any atom is 0.343 e. The van der Waals surface area contributed by atoms with Crippen LogP contribution in [0, 0.1) is 0 Å². The first-order valence-electron chi connectivity index (χ1n) is 12.8. The Balaban J connectivity index is 1.70. The predicted octanol–water partition coefficient (Wildman–Crippen LogP) is 8.75. The van der Waals surface area contributed by atoms with E-state index in [-0.39, 0.29) is 10.8 Å². The Morgan fingerprint density at radius 1 is 0.946 bits per heavy atom. The third-order valence-electron chi connectivity index (χ3n) is 6.60. The van der Waals surface area contributed by atoms with Crippen LogP contribution in [0.1, 0.15) is 74.9 Å². The molecule has 0 unspecified atom stereocenters. The van der Waals surface area contributed by atoms with Gasteiger partial charge in [-0.2, -0.15) is 0 Å². The lowest BCUT2D eigenvalue weighted by atomic mass is 9.87. The van der Waals surface area contributed by atoms with E-state index in [2.05, 4.69) is 27.7 Å². The van der Waals surface area contributed by atoms with Crippen LogP contribution in [0.4, 0.5) is 0 Å². The minimum absolute atomic E-state index is 0.00511. The van der Waals surface area contributed by atoms with Crippen molar-refractivity contribution in [2.24, 2.45) is 0 Å². The second kappa shape index (κ2) is 11.4. The summed E-state index contributed by atoms with van der Waals surface area (Å²) in [7, 11) is 0. The molecule has 0 amide bonds. The van der Waals surface area contributed by atoms with Crippen molar-refractivity contribution in [3.8, 4) is 16.9 Å². The average Bonchev–Trinajstić information content (AvgIpc) is 2.87. The van der Waals surface area contributed by atoms with Crippen LogP contribution in [0.5, 0.6) is 5.75 Å². The zero-order valence-electron chi connectivity index (χ0n) is 21.9. The van der Waals surface area contributed by atoms with Gasteiger partial charge >= 0.3 is 5.97 Å². The standard InChI is InChI=1S/C32H33ClO4/c1-5-6-7-8-9-23-18-26-29(36-20-27(30(26)34)21-12-16-25(33)17-13-21)19-28(23)37-31(35)22-10-14-24(15-11-22)32(2,3)4/h10-20H,5-9H2,1-4H3. The van der Waals surface area contributed by atoms with Crippen LogP contribution >= 0.6 is 11.6 Å². The SMILES string of the molecule is CCCCCCc1cc2c(=O)c(-c3ccc(Cl)cc3)coc2cc1OC(=O)c1ccc(C(C)(C)C)cc1. The molecule has 1 heterocycles. The number of hydrogen-bond acceptors (Lipinski definition) is 4. The number of esters is 1. The van der Waals surface area contributed by atoms with E-state index in [0.717, 1.165) is 42.4 Å². The van der Waals surface area contributed by atoms with Crippen LogP contribution in [-0.4, -0.2) is 5.97 Å². The zero-order valence-corrected chi connectivity index (χ0v) is 22.7. The third kappa shape index (κ3) is 6.31. The first kappa shape index (κ1) is 26.7. The van der Waals surface area contributed by atoms with Crippen LogP contribution in [0.3, 0.4) is 0 Å². The van der Waals surface area contributed by atoms with Crippen molar-refractivity contribution in [3.05, 3.63) is 98.9 Å². The van der Waals surface area contributed by atoms with Gasteiger partial charge in [0.15, 0.2) is 0 Å². The van der Waals surface area contributed by atoms with E-state index in [1.54, 1.807) is 42.5 Å². The summed E-state index contributed by atoms with van der Waals surface area (Å²) in [6, 6.07) is 18.1. The summed E-state index contributed by atoms with van der Waals surface area (Å²) < 4.78 is 11.7. The van der Waals surface area contributed by atoms with Gasteiger partial charge in [-0.3, -0.25) is 4.79 Å². The highest BCUT2D eigenvalue weighted by Crippen LogP contribution is 2.30. The molecule has 0 N–H and O–H groups in total. The molecule has 0 bridgehead atoms. The molecule has 3 aromatic carbocycles. The van der Waals surface area contributed by atoms with Crippen LogP contribution in [-0.2, 0) is 11.8 Å². The Morgan fingerprint density at radius 2 is 1.65 bits per heavy atom. The molecule has 0 atom stereocenters. The molecule has 0 aliphatic rings. The quantitative estimate of drug-likeness (QED) is 0.133. The monoisotopic (exact) mass is 516 g/mol. The number of halogens is 1. The van der Waals surface area contributed by atoms with Crippen LogP contribution in [0.25, 0.3) is 22.1 Å². The van der Waals surface area contributed by atoms with Gasteiger partial charge in [0.25, 0.3) is 0 Å². The molecule has 0 saturated carbocycles. The molecule has 4 rings (SSSR count). The molecule has 4 aromatic rings. The first-order chi connectivity index (χ1) is 17.7. The Hall–Kier alpha value is -3.37. The second-order valence-electron chi connectivity index (χ2n) is 10.5. The molecule has 1 aromatic heterocycles. The fraction of sp³-hybridized carbons (Fsp3) is 0.312. The van der Waals surface area contributed by atoms with E-state index in [1.165, 1.54) is 6.26 Å². The Morgan fingerprint density at radius 3 is 2.30 bits per heavy atom. The summed E-state index contributed by atoms with van der Waals surface area (Å²) in [6.45, 7) is 8.56. The van der Waals surface area contributed by atoms with Crippen LogP contribution < -0.4 is 10.2 Å². The first-order valence-corrected chi connectivity index (χ1v) is 13.2. The van der Waals surface area contributed by atoms with Crippen molar-refractivity contribution in [2.75, 3.05) is 0 Å². The second-order valence-corrected chi connectivity index (χ2v) is 10.9. The summed E-state index contributed by atoms with van der Waals surface area (Å²) >= 11 is 6.01. The fourth-order valence-corrected chi connectivity index (χ4v) is 4.45. The van der Waals surface area contributed by atoms with E-state index in [1.807, 2.05) is 18.2 Å². The van der Waals surface area contributed by atoms with Gasteiger partial charge in [-0.1, -0.05) is 82.8 Å². The van der Waals surface area contributed by atoms with Gasteiger partial charge in [-0.15, -0.1) is 0 Å². The topological polar surface area (TPSA) is 56.5 Å². The summed E-state index contributed by atoms with van der Waals surface area (Å²) in [4.78, 5) is 26.5. The smallest absolute Gasteiger partial charge is 0.343 e. The number of hydrogen-bond donors (Lipinski definition) is 0. The molecule has 0 aliphatic carbocycles. The van der Waals surface area contributed by atoms with E-state index in [4.69, 9.17) is 20.8 Å². The maximum atomic E-state index is 13.4. The number of unbranched alkanes of at least 4 members (excludes halogenated alkanes) is 3. The van der Waals surface area contributed by atoms with E-state index < -0.39 is 5.97 Å². The molecule has 0 fully saturated rings. The molecule has 0 saturated heterocycles. The highest BCUT2D eigenvalue weighted by Gasteiger charge is 2.18. The normalized spacial score (nSPS) is 11.6. The van der Waals surface area contributed by atoms with Gasteiger partial charge in [0, 0.05) is 11.1 Å². The number of carbonyl (C=O) groups is 1. The number of aryl methyl sites for hydroxylation is 1. The van der Waals surface area contributed by atoms with E-state index in [9.17, 15) is 9.59 Å². The molecule has 0 aliphatic heterocycles. The largest absolute Gasteiger partial charge is 0.463 e. The minimum Gasteiger partial charge on any atom is -0.463 e. The lowest BCUT2D eigenvalue weighted by Crippen LogP contribution is -2.13. The molecule has 0 spiro atoms. The van der Waals surface area contributed by atoms with Gasteiger partial charge in [0.1, 0.15) is 17.6 Å². The molecule has 192 valence electrons.